The molecule has 98 valence electrons. The molecule has 0 atom stereocenters. The van der Waals surface area contributed by atoms with Crippen molar-refractivity contribution >= 4 is 17.6 Å². The maximum absolute atomic E-state index is 5.12. The molecule has 0 aromatic heterocycles. The molecule has 0 saturated heterocycles. The number of anilines is 1. The van der Waals surface area contributed by atoms with Crippen molar-refractivity contribution < 1.29 is 4.74 Å². The smallest absolute Gasteiger partial charge is 0.118 e. The summed E-state index contributed by atoms with van der Waals surface area (Å²) in [5, 5.41) is 0. The molecule has 2 aromatic carbocycles. The lowest BCUT2D eigenvalue weighted by atomic mass is 10.2. The summed E-state index contributed by atoms with van der Waals surface area (Å²) in [4.78, 5) is 6.51. The Morgan fingerprint density at radius 2 is 1.58 bits per heavy atom. The van der Waals surface area contributed by atoms with E-state index in [1.54, 1.807) is 7.11 Å². The average molecular weight is 254 g/mol. The molecule has 0 aliphatic rings. The van der Waals surface area contributed by atoms with Crippen molar-refractivity contribution in [1.82, 2.24) is 0 Å². The van der Waals surface area contributed by atoms with E-state index in [4.69, 9.17) is 4.74 Å². The lowest BCUT2D eigenvalue weighted by Gasteiger charge is -2.11. The van der Waals surface area contributed by atoms with Gasteiger partial charge in [0, 0.05) is 26.0 Å². The fourth-order valence-electron chi connectivity index (χ4n) is 1.68. The number of rotatable bonds is 4. The average Bonchev–Trinajstić information content (AvgIpc) is 2.46. The fourth-order valence-corrected chi connectivity index (χ4v) is 1.68. The lowest BCUT2D eigenvalue weighted by Crippen LogP contribution is -2.07. The van der Waals surface area contributed by atoms with Gasteiger partial charge in [-0.3, -0.25) is 4.99 Å². The summed E-state index contributed by atoms with van der Waals surface area (Å²) >= 11 is 0. The number of hydrogen-bond donors (Lipinski definition) is 0. The second kappa shape index (κ2) is 6.05. The van der Waals surface area contributed by atoms with Gasteiger partial charge in [-0.1, -0.05) is 0 Å². The zero-order chi connectivity index (χ0) is 13.7. The molecular weight excluding hydrogens is 236 g/mol. The number of benzene rings is 2. The highest BCUT2D eigenvalue weighted by molar-refractivity contribution is 5.82. The SMILES string of the molecule is COc1ccc(C=Nc2ccc(N(C)C)cc2)cc1. The molecule has 0 spiro atoms. The number of ether oxygens (including phenoxy) is 1. The first-order valence-corrected chi connectivity index (χ1v) is 6.14. The zero-order valence-electron chi connectivity index (χ0n) is 11.5. The van der Waals surface area contributed by atoms with Crippen LogP contribution in [0.5, 0.6) is 5.75 Å². The summed E-state index contributed by atoms with van der Waals surface area (Å²) < 4.78 is 5.12. The highest BCUT2D eigenvalue weighted by Gasteiger charge is 1.95. The van der Waals surface area contributed by atoms with E-state index in [0.29, 0.717) is 0 Å². The summed E-state index contributed by atoms with van der Waals surface area (Å²) in [7, 11) is 5.71. The Morgan fingerprint density at radius 3 is 2.11 bits per heavy atom. The molecule has 0 amide bonds. The third-order valence-corrected chi connectivity index (χ3v) is 2.84. The fraction of sp³-hybridized carbons (Fsp3) is 0.188. The van der Waals surface area contributed by atoms with E-state index in [-0.39, 0.29) is 0 Å². The molecule has 0 fully saturated rings. The third-order valence-electron chi connectivity index (χ3n) is 2.84. The van der Waals surface area contributed by atoms with Crippen LogP contribution in [-0.2, 0) is 0 Å². The molecule has 0 aliphatic carbocycles. The van der Waals surface area contributed by atoms with Gasteiger partial charge in [-0.25, -0.2) is 0 Å². The molecular formula is C16H18N2O. The lowest BCUT2D eigenvalue weighted by molar-refractivity contribution is 0.415. The van der Waals surface area contributed by atoms with Gasteiger partial charge in [0.1, 0.15) is 5.75 Å². The Balaban J connectivity index is 2.08. The van der Waals surface area contributed by atoms with Gasteiger partial charge in [-0.05, 0) is 54.1 Å². The van der Waals surface area contributed by atoms with Crippen LogP contribution in [0.3, 0.4) is 0 Å². The van der Waals surface area contributed by atoms with Crippen molar-refractivity contribution in [2.24, 2.45) is 4.99 Å². The molecule has 3 nitrogen and oxygen atoms in total. The number of hydrogen-bond acceptors (Lipinski definition) is 3. The quantitative estimate of drug-likeness (QED) is 0.780. The van der Waals surface area contributed by atoms with Crippen molar-refractivity contribution in [2.45, 2.75) is 0 Å². The molecule has 2 rings (SSSR count). The number of aliphatic imine (C=N–C) groups is 1. The van der Waals surface area contributed by atoms with Crippen LogP contribution in [-0.4, -0.2) is 27.4 Å². The van der Waals surface area contributed by atoms with E-state index < -0.39 is 0 Å². The Morgan fingerprint density at radius 1 is 0.947 bits per heavy atom. The minimum absolute atomic E-state index is 0.854. The Hall–Kier alpha value is -2.29. The van der Waals surface area contributed by atoms with Crippen molar-refractivity contribution in [2.75, 3.05) is 26.1 Å². The van der Waals surface area contributed by atoms with E-state index >= 15 is 0 Å². The van der Waals surface area contributed by atoms with E-state index in [9.17, 15) is 0 Å². The van der Waals surface area contributed by atoms with Gasteiger partial charge in [-0.2, -0.15) is 0 Å². The molecule has 0 radical (unpaired) electrons. The predicted molar refractivity (Wildman–Crippen MR) is 81.0 cm³/mol. The zero-order valence-corrected chi connectivity index (χ0v) is 11.5. The number of methoxy groups -OCH3 is 1. The maximum atomic E-state index is 5.12. The standard InChI is InChI=1S/C16H18N2O/c1-18(2)15-8-6-14(7-9-15)17-12-13-4-10-16(19-3)11-5-13/h4-12H,1-3H3. The number of nitrogens with zero attached hydrogens (tertiary/aromatic N) is 2. The van der Waals surface area contributed by atoms with Crippen molar-refractivity contribution in [3.8, 4) is 5.75 Å². The molecule has 0 unspecified atom stereocenters. The second-order valence-corrected chi connectivity index (χ2v) is 4.44. The molecule has 3 heteroatoms. The van der Waals surface area contributed by atoms with Crippen LogP contribution in [0.1, 0.15) is 5.56 Å². The monoisotopic (exact) mass is 254 g/mol. The maximum Gasteiger partial charge on any atom is 0.118 e. The van der Waals surface area contributed by atoms with Crippen LogP contribution >= 0.6 is 0 Å². The van der Waals surface area contributed by atoms with Crippen molar-refractivity contribution in [1.29, 1.82) is 0 Å². The van der Waals surface area contributed by atoms with E-state index in [0.717, 1.165) is 17.0 Å². The minimum atomic E-state index is 0.854. The highest BCUT2D eigenvalue weighted by Crippen LogP contribution is 2.18. The van der Waals surface area contributed by atoms with Gasteiger partial charge in [0.2, 0.25) is 0 Å². The molecule has 0 aliphatic heterocycles. The first-order chi connectivity index (χ1) is 9.19. The summed E-state index contributed by atoms with van der Waals surface area (Å²) in [5.74, 6) is 0.854. The van der Waals surface area contributed by atoms with Crippen LogP contribution in [0.15, 0.2) is 53.5 Å². The summed E-state index contributed by atoms with van der Waals surface area (Å²) in [6.45, 7) is 0. The molecule has 0 bridgehead atoms. The molecule has 19 heavy (non-hydrogen) atoms. The van der Waals surface area contributed by atoms with E-state index in [2.05, 4.69) is 22.0 Å². The van der Waals surface area contributed by atoms with Gasteiger partial charge in [-0.15, -0.1) is 0 Å². The predicted octanol–water partition coefficient (Wildman–Crippen LogP) is 3.51. The normalized spacial score (nSPS) is 10.7. The largest absolute Gasteiger partial charge is 0.497 e. The minimum Gasteiger partial charge on any atom is -0.497 e. The summed E-state index contributed by atoms with van der Waals surface area (Å²) in [6.07, 6.45) is 1.85. The van der Waals surface area contributed by atoms with E-state index in [1.807, 2.05) is 56.7 Å². The van der Waals surface area contributed by atoms with Crippen molar-refractivity contribution in [3.63, 3.8) is 0 Å². The van der Waals surface area contributed by atoms with Crippen LogP contribution in [0.25, 0.3) is 0 Å². The first-order valence-electron chi connectivity index (χ1n) is 6.14. The van der Waals surface area contributed by atoms with Crippen molar-refractivity contribution in [3.05, 3.63) is 54.1 Å². The second-order valence-electron chi connectivity index (χ2n) is 4.44. The van der Waals surface area contributed by atoms with Crippen LogP contribution in [0.4, 0.5) is 11.4 Å². The van der Waals surface area contributed by atoms with Gasteiger partial charge >= 0.3 is 0 Å². The summed E-state index contributed by atoms with van der Waals surface area (Å²) in [5.41, 5.74) is 3.17. The van der Waals surface area contributed by atoms with Gasteiger partial charge < -0.3 is 9.64 Å². The van der Waals surface area contributed by atoms with Crippen LogP contribution < -0.4 is 9.64 Å². The topological polar surface area (TPSA) is 24.8 Å². The Labute approximate surface area is 114 Å². The molecule has 2 aromatic rings. The Kier molecular flexibility index (Phi) is 4.18. The van der Waals surface area contributed by atoms with Gasteiger partial charge in [0.05, 0.1) is 12.8 Å². The molecule has 0 N–H and O–H groups in total. The molecule has 0 saturated carbocycles. The first kappa shape index (κ1) is 13.1. The van der Waals surface area contributed by atoms with Gasteiger partial charge in [0.15, 0.2) is 0 Å². The van der Waals surface area contributed by atoms with Gasteiger partial charge in [0.25, 0.3) is 0 Å². The third kappa shape index (κ3) is 3.58. The van der Waals surface area contributed by atoms with Crippen LogP contribution in [0, 0.1) is 0 Å². The summed E-state index contributed by atoms with van der Waals surface area (Å²) in [6, 6.07) is 16.0. The van der Waals surface area contributed by atoms with E-state index in [1.165, 1.54) is 5.69 Å². The Bertz CT molecular complexity index is 542. The highest BCUT2D eigenvalue weighted by atomic mass is 16.5. The van der Waals surface area contributed by atoms with Crippen LogP contribution in [0.2, 0.25) is 0 Å². The molecule has 0 heterocycles.